The minimum atomic E-state index is -0.168. The van der Waals surface area contributed by atoms with Gasteiger partial charge in [0.15, 0.2) is 0 Å². The van der Waals surface area contributed by atoms with Gasteiger partial charge in [-0.15, -0.1) is 0 Å². The summed E-state index contributed by atoms with van der Waals surface area (Å²) in [6.07, 6.45) is 2.59. The van der Waals surface area contributed by atoms with E-state index >= 15 is 0 Å². The first-order valence-electron chi connectivity index (χ1n) is 5.87. The molecule has 0 heterocycles. The minimum Gasteiger partial charge on any atom is -0.469 e. The third-order valence-electron chi connectivity index (χ3n) is 3.04. The van der Waals surface area contributed by atoms with Gasteiger partial charge < -0.3 is 4.74 Å². The molecule has 0 radical (unpaired) electrons. The van der Waals surface area contributed by atoms with Crippen LogP contribution in [0.15, 0.2) is 24.3 Å². The van der Waals surface area contributed by atoms with E-state index in [1.54, 1.807) is 0 Å². The Hall–Kier alpha value is -1.31. The molecule has 2 heteroatoms. The highest BCUT2D eigenvalue weighted by atomic mass is 16.5. The first-order valence-corrected chi connectivity index (χ1v) is 5.87. The van der Waals surface area contributed by atoms with Crippen LogP contribution >= 0.6 is 0 Å². The van der Waals surface area contributed by atoms with E-state index in [1.807, 2.05) is 18.2 Å². The van der Waals surface area contributed by atoms with Crippen molar-refractivity contribution in [3.05, 3.63) is 35.4 Å². The van der Waals surface area contributed by atoms with Crippen molar-refractivity contribution in [3.8, 4) is 0 Å². The maximum Gasteiger partial charge on any atom is 0.309 e. The predicted molar refractivity (Wildman–Crippen MR) is 65.5 cm³/mol. The van der Waals surface area contributed by atoms with Gasteiger partial charge >= 0.3 is 5.97 Å². The zero-order valence-corrected chi connectivity index (χ0v) is 10.3. The molecule has 0 aliphatic carbocycles. The lowest BCUT2D eigenvalue weighted by Gasteiger charge is -2.16. The number of benzene rings is 1. The van der Waals surface area contributed by atoms with Crippen LogP contribution in [0, 0.1) is 0 Å². The van der Waals surface area contributed by atoms with Gasteiger partial charge in [-0.2, -0.15) is 0 Å². The first kappa shape index (κ1) is 12.8. The summed E-state index contributed by atoms with van der Waals surface area (Å²) >= 11 is 0. The van der Waals surface area contributed by atoms with Crippen LogP contribution in [-0.2, 0) is 16.0 Å². The van der Waals surface area contributed by atoms with E-state index in [-0.39, 0.29) is 5.97 Å². The highest BCUT2D eigenvalue weighted by Crippen LogP contribution is 2.26. The number of methoxy groups -OCH3 is 1. The molecule has 0 spiro atoms. The SMILES string of the molecule is CCC(CC)c1ccccc1CC(=O)OC. The van der Waals surface area contributed by atoms with Crippen molar-refractivity contribution < 1.29 is 9.53 Å². The quantitative estimate of drug-likeness (QED) is 0.712. The summed E-state index contributed by atoms with van der Waals surface area (Å²) in [5.74, 6) is 0.374. The molecule has 0 saturated carbocycles. The van der Waals surface area contributed by atoms with Crippen LogP contribution in [0.25, 0.3) is 0 Å². The molecule has 1 aromatic carbocycles. The number of hydrogen-bond acceptors (Lipinski definition) is 2. The topological polar surface area (TPSA) is 26.3 Å². The normalized spacial score (nSPS) is 10.5. The van der Waals surface area contributed by atoms with Crippen molar-refractivity contribution in [1.29, 1.82) is 0 Å². The molecule has 0 bridgehead atoms. The lowest BCUT2D eigenvalue weighted by Crippen LogP contribution is -2.08. The average Bonchev–Trinajstić information content (AvgIpc) is 2.32. The average molecular weight is 220 g/mol. The number of esters is 1. The summed E-state index contributed by atoms with van der Waals surface area (Å²) < 4.78 is 4.72. The summed E-state index contributed by atoms with van der Waals surface area (Å²) in [5, 5.41) is 0. The number of ether oxygens (including phenoxy) is 1. The number of carbonyl (C=O) groups is 1. The molecule has 0 atom stereocenters. The van der Waals surface area contributed by atoms with Crippen LogP contribution in [0.5, 0.6) is 0 Å². The van der Waals surface area contributed by atoms with E-state index in [0.29, 0.717) is 12.3 Å². The van der Waals surface area contributed by atoms with Crippen LogP contribution in [0.3, 0.4) is 0 Å². The molecule has 0 saturated heterocycles. The van der Waals surface area contributed by atoms with E-state index in [4.69, 9.17) is 4.74 Å². The fraction of sp³-hybridized carbons (Fsp3) is 0.500. The molecule has 0 fully saturated rings. The fourth-order valence-electron chi connectivity index (χ4n) is 2.05. The minimum absolute atomic E-state index is 0.168. The standard InChI is InChI=1S/C14H20O2/c1-4-11(5-2)13-9-7-6-8-12(13)10-14(15)16-3/h6-9,11H,4-5,10H2,1-3H3. The Labute approximate surface area is 97.6 Å². The molecule has 88 valence electrons. The lowest BCUT2D eigenvalue weighted by molar-refractivity contribution is -0.139. The van der Waals surface area contributed by atoms with Crippen molar-refractivity contribution in [3.63, 3.8) is 0 Å². The fourth-order valence-corrected chi connectivity index (χ4v) is 2.05. The number of hydrogen-bond donors (Lipinski definition) is 0. The molecule has 2 nitrogen and oxygen atoms in total. The highest BCUT2D eigenvalue weighted by molar-refractivity contribution is 5.73. The molecule has 0 N–H and O–H groups in total. The smallest absolute Gasteiger partial charge is 0.309 e. The van der Waals surface area contributed by atoms with Crippen molar-refractivity contribution >= 4 is 5.97 Å². The van der Waals surface area contributed by atoms with E-state index in [1.165, 1.54) is 12.7 Å². The lowest BCUT2D eigenvalue weighted by atomic mass is 9.89. The van der Waals surface area contributed by atoms with Crippen LogP contribution in [0.1, 0.15) is 43.7 Å². The van der Waals surface area contributed by atoms with Gasteiger partial charge in [0.25, 0.3) is 0 Å². The van der Waals surface area contributed by atoms with Gasteiger partial charge in [0.05, 0.1) is 13.5 Å². The van der Waals surface area contributed by atoms with Crippen LogP contribution in [0.2, 0.25) is 0 Å². The van der Waals surface area contributed by atoms with Gasteiger partial charge in [-0.25, -0.2) is 0 Å². The van der Waals surface area contributed by atoms with Crippen LogP contribution in [0.4, 0.5) is 0 Å². The molecule has 16 heavy (non-hydrogen) atoms. The van der Waals surface area contributed by atoms with E-state index in [9.17, 15) is 4.79 Å². The third-order valence-corrected chi connectivity index (χ3v) is 3.04. The second-order valence-electron chi connectivity index (χ2n) is 3.97. The Morgan fingerprint density at radius 3 is 2.44 bits per heavy atom. The summed E-state index contributed by atoms with van der Waals surface area (Å²) in [6, 6.07) is 8.15. The van der Waals surface area contributed by atoms with Crippen molar-refractivity contribution in [2.45, 2.75) is 39.0 Å². The van der Waals surface area contributed by atoms with Gasteiger partial charge in [0.2, 0.25) is 0 Å². The van der Waals surface area contributed by atoms with Gasteiger partial charge in [0.1, 0.15) is 0 Å². The van der Waals surface area contributed by atoms with Gasteiger partial charge in [0, 0.05) is 0 Å². The molecular weight excluding hydrogens is 200 g/mol. The molecule has 0 unspecified atom stereocenters. The largest absolute Gasteiger partial charge is 0.469 e. The molecular formula is C14H20O2. The molecule has 0 aromatic heterocycles. The third kappa shape index (κ3) is 3.09. The molecule has 0 aliphatic heterocycles. The zero-order chi connectivity index (χ0) is 12.0. The second-order valence-corrected chi connectivity index (χ2v) is 3.97. The zero-order valence-electron chi connectivity index (χ0n) is 10.3. The maximum atomic E-state index is 11.3. The summed E-state index contributed by atoms with van der Waals surface area (Å²) in [4.78, 5) is 11.3. The Morgan fingerprint density at radius 2 is 1.88 bits per heavy atom. The molecule has 1 rings (SSSR count). The van der Waals surface area contributed by atoms with Crippen molar-refractivity contribution in [2.24, 2.45) is 0 Å². The van der Waals surface area contributed by atoms with E-state index < -0.39 is 0 Å². The first-order chi connectivity index (χ1) is 7.72. The predicted octanol–water partition coefficient (Wildman–Crippen LogP) is 3.31. The Balaban J connectivity index is 2.94. The molecule has 0 aliphatic rings. The number of rotatable bonds is 5. The highest BCUT2D eigenvalue weighted by Gasteiger charge is 2.13. The summed E-state index contributed by atoms with van der Waals surface area (Å²) in [5.41, 5.74) is 2.39. The Bertz CT molecular complexity index is 340. The molecule has 0 amide bonds. The van der Waals surface area contributed by atoms with Crippen molar-refractivity contribution in [1.82, 2.24) is 0 Å². The van der Waals surface area contributed by atoms with Gasteiger partial charge in [-0.05, 0) is 29.9 Å². The van der Waals surface area contributed by atoms with Gasteiger partial charge in [-0.3, -0.25) is 4.79 Å². The second kappa shape index (κ2) is 6.31. The van der Waals surface area contributed by atoms with E-state index in [0.717, 1.165) is 18.4 Å². The van der Waals surface area contributed by atoms with E-state index in [2.05, 4.69) is 19.9 Å². The summed E-state index contributed by atoms with van der Waals surface area (Å²) in [7, 11) is 1.43. The Kier molecular flexibility index (Phi) is 5.03. The molecule has 1 aromatic rings. The maximum absolute atomic E-state index is 11.3. The van der Waals surface area contributed by atoms with Crippen LogP contribution < -0.4 is 0 Å². The summed E-state index contributed by atoms with van der Waals surface area (Å²) in [6.45, 7) is 4.37. The monoisotopic (exact) mass is 220 g/mol. The van der Waals surface area contributed by atoms with Gasteiger partial charge in [-0.1, -0.05) is 38.1 Å². The Morgan fingerprint density at radius 1 is 1.25 bits per heavy atom. The van der Waals surface area contributed by atoms with Crippen LogP contribution in [-0.4, -0.2) is 13.1 Å². The number of carbonyl (C=O) groups excluding carboxylic acids is 1. The van der Waals surface area contributed by atoms with Crippen molar-refractivity contribution in [2.75, 3.05) is 7.11 Å².